The Hall–Kier alpha value is -0.530. The predicted molar refractivity (Wildman–Crippen MR) is 106 cm³/mol. The fourth-order valence-electron chi connectivity index (χ4n) is 3.18. The standard InChI is InChI=1S/C17H32N4O.HI/c1-6-18-15(21-13-16(2,3)17(21,4)5)19-10-9-14(22)20-11-7-8-12-20;/h6-13H2,1-5H3,(H,18,19);1H. The minimum absolute atomic E-state index is 0. The summed E-state index contributed by atoms with van der Waals surface area (Å²) in [5, 5.41) is 3.37. The van der Waals surface area contributed by atoms with E-state index in [9.17, 15) is 4.79 Å². The third kappa shape index (κ3) is 4.31. The second-order valence-electron chi connectivity index (χ2n) is 7.60. The zero-order valence-electron chi connectivity index (χ0n) is 15.3. The molecule has 2 saturated heterocycles. The number of nitrogens with one attached hydrogen (secondary N) is 1. The molecule has 0 aliphatic carbocycles. The maximum atomic E-state index is 12.1. The molecule has 2 aliphatic heterocycles. The summed E-state index contributed by atoms with van der Waals surface area (Å²) in [5.74, 6) is 1.20. The van der Waals surface area contributed by atoms with E-state index in [1.54, 1.807) is 0 Å². The van der Waals surface area contributed by atoms with Crippen molar-refractivity contribution in [3.8, 4) is 0 Å². The zero-order chi connectivity index (χ0) is 16.4. The number of carbonyl (C=O) groups excluding carboxylic acids is 1. The second-order valence-corrected chi connectivity index (χ2v) is 7.60. The van der Waals surface area contributed by atoms with E-state index in [1.165, 1.54) is 0 Å². The summed E-state index contributed by atoms with van der Waals surface area (Å²) in [7, 11) is 0. The molecular formula is C17H33IN4O. The van der Waals surface area contributed by atoms with Crippen LogP contribution < -0.4 is 5.32 Å². The molecule has 1 N–H and O–H groups in total. The number of nitrogens with zero attached hydrogens (tertiary/aromatic N) is 3. The first-order chi connectivity index (χ1) is 10.3. The summed E-state index contributed by atoms with van der Waals surface area (Å²) >= 11 is 0. The predicted octanol–water partition coefficient (Wildman–Crippen LogP) is 2.70. The molecule has 0 spiro atoms. The van der Waals surface area contributed by atoms with Crippen LogP contribution >= 0.6 is 24.0 Å². The minimum Gasteiger partial charge on any atom is -0.356 e. The van der Waals surface area contributed by atoms with E-state index >= 15 is 0 Å². The highest BCUT2D eigenvalue weighted by molar-refractivity contribution is 14.0. The van der Waals surface area contributed by atoms with Crippen molar-refractivity contribution in [3.05, 3.63) is 0 Å². The molecule has 0 bridgehead atoms. The van der Waals surface area contributed by atoms with Crippen LogP contribution in [0.3, 0.4) is 0 Å². The van der Waals surface area contributed by atoms with Crippen molar-refractivity contribution in [2.45, 2.75) is 59.4 Å². The van der Waals surface area contributed by atoms with Gasteiger partial charge in [-0.25, -0.2) is 0 Å². The minimum atomic E-state index is 0. The van der Waals surface area contributed by atoms with E-state index in [0.29, 0.717) is 13.0 Å². The smallest absolute Gasteiger partial charge is 0.224 e. The molecule has 5 nitrogen and oxygen atoms in total. The number of likely N-dealkylation sites (tertiary alicyclic amines) is 2. The van der Waals surface area contributed by atoms with Crippen molar-refractivity contribution in [1.82, 2.24) is 15.1 Å². The van der Waals surface area contributed by atoms with Gasteiger partial charge in [0.05, 0.1) is 6.54 Å². The lowest BCUT2D eigenvalue weighted by Crippen LogP contribution is -2.72. The highest BCUT2D eigenvalue weighted by atomic mass is 127. The molecule has 0 aromatic rings. The Morgan fingerprint density at radius 2 is 1.78 bits per heavy atom. The maximum absolute atomic E-state index is 12.1. The molecule has 2 rings (SSSR count). The number of carbonyl (C=O) groups is 1. The van der Waals surface area contributed by atoms with E-state index in [4.69, 9.17) is 4.99 Å². The molecule has 134 valence electrons. The average Bonchev–Trinajstić information content (AvgIpc) is 2.98. The summed E-state index contributed by atoms with van der Waals surface area (Å²) in [6.45, 7) is 15.5. The lowest BCUT2D eigenvalue weighted by atomic mass is 9.65. The second kappa shape index (κ2) is 8.03. The van der Waals surface area contributed by atoms with Crippen LogP contribution in [0.1, 0.15) is 53.9 Å². The lowest BCUT2D eigenvalue weighted by molar-refractivity contribution is -0.129. The highest BCUT2D eigenvalue weighted by Gasteiger charge is 2.53. The summed E-state index contributed by atoms with van der Waals surface area (Å²) in [4.78, 5) is 21.1. The van der Waals surface area contributed by atoms with E-state index in [-0.39, 0.29) is 40.8 Å². The summed E-state index contributed by atoms with van der Waals surface area (Å²) in [5.41, 5.74) is 0.377. The van der Waals surface area contributed by atoms with E-state index in [2.05, 4.69) is 44.8 Å². The Labute approximate surface area is 158 Å². The van der Waals surface area contributed by atoms with Gasteiger partial charge in [0.15, 0.2) is 5.96 Å². The largest absolute Gasteiger partial charge is 0.356 e. The average molecular weight is 436 g/mol. The summed E-state index contributed by atoms with van der Waals surface area (Å²) in [6, 6.07) is 0. The molecule has 6 heteroatoms. The van der Waals surface area contributed by atoms with Gasteiger partial charge in [-0.3, -0.25) is 9.79 Å². The maximum Gasteiger partial charge on any atom is 0.224 e. The van der Waals surface area contributed by atoms with Gasteiger partial charge in [0.2, 0.25) is 5.91 Å². The molecular weight excluding hydrogens is 403 g/mol. The monoisotopic (exact) mass is 436 g/mol. The van der Waals surface area contributed by atoms with Crippen LogP contribution in [0.25, 0.3) is 0 Å². The van der Waals surface area contributed by atoms with Gasteiger partial charge in [0.1, 0.15) is 0 Å². The summed E-state index contributed by atoms with van der Waals surface area (Å²) < 4.78 is 0. The van der Waals surface area contributed by atoms with E-state index in [0.717, 1.165) is 45.0 Å². The van der Waals surface area contributed by atoms with Crippen LogP contribution in [0.15, 0.2) is 4.99 Å². The Morgan fingerprint density at radius 3 is 2.26 bits per heavy atom. The van der Waals surface area contributed by atoms with E-state index in [1.807, 2.05) is 4.90 Å². The van der Waals surface area contributed by atoms with Crippen LogP contribution in [0.5, 0.6) is 0 Å². The van der Waals surface area contributed by atoms with Crippen molar-refractivity contribution in [2.75, 3.05) is 32.7 Å². The number of hydrogen-bond donors (Lipinski definition) is 1. The number of halogens is 1. The van der Waals surface area contributed by atoms with E-state index < -0.39 is 0 Å². The molecule has 0 atom stereocenters. The Bertz CT molecular complexity index is 442. The Kier molecular flexibility index (Phi) is 7.16. The van der Waals surface area contributed by atoms with Gasteiger partial charge >= 0.3 is 0 Å². The molecule has 0 aromatic heterocycles. The van der Waals surface area contributed by atoms with Gasteiger partial charge in [0, 0.05) is 43.6 Å². The van der Waals surface area contributed by atoms with Gasteiger partial charge in [-0.05, 0) is 33.6 Å². The van der Waals surface area contributed by atoms with Crippen LogP contribution in [0, 0.1) is 5.41 Å². The van der Waals surface area contributed by atoms with Crippen LogP contribution in [-0.2, 0) is 4.79 Å². The van der Waals surface area contributed by atoms with Crippen molar-refractivity contribution in [1.29, 1.82) is 0 Å². The summed E-state index contributed by atoms with van der Waals surface area (Å²) in [6.07, 6.45) is 2.82. The van der Waals surface area contributed by atoms with Gasteiger partial charge in [-0.15, -0.1) is 24.0 Å². The normalized spacial score (nSPS) is 22.4. The molecule has 0 unspecified atom stereocenters. The Balaban J connectivity index is 0.00000264. The molecule has 0 aromatic carbocycles. The fraction of sp³-hybridized carbons (Fsp3) is 0.882. The first-order valence-electron chi connectivity index (χ1n) is 8.63. The first kappa shape index (κ1) is 20.5. The van der Waals surface area contributed by atoms with Gasteiger partial charge in [-0.1, -0.05) is 13.8 Å². The van der Waals surface area contributed by atoms with Gasteiger partial charge in [-0.2, -0.15) is 0 Å². The molecule has 0 radical (unpaired) electrons. The van der Waals surface area contributed by atoms with Crippen molar-refractivity contribution < 1.29 is 4.79 Å². The topological polar surface area (TPSA) is 47.9 Å². The lowest BCUT2D eigenvalue weighted by Gasteiger charge is -2.62. The molecule has 2 aliphatic rings. The zero-order valence-corrected chi connectivity index (χ0v) is 17.6. The number of amides is 1. The van der Waals surface area contributed by atoms with Crippen molar-refractivity contribution in [2.24, 2.45) is 10.4 Å². The number of hydrogen-bond acceptors (Lipinski definition) is 2. The number of aliphatic imine (C=N–C) groups is 1. The van der Waals surface area contributed by atoms with Crippen LogP contribution in [0.2, 0.25) is 0 Å². The quantitative estimate of drug-likeness (QED) is 0.419. The fourth-order valence-corrected chi connectivity index (χ4v) is 3.18. The molecule has 1 amide bonds. The number of guanidine groups is 1. The molecule has 23 heavy (non-hydrogen) atoms. The first-order valence-corrected chi connectivity index (χ1v) is 8.63. The SMILES string of the molecule is CCNC(=NCCC(=O)N1CCCC1)N1CC(C)(C)C1(C)C.I. The Morgan fingerprint density at radius 1 is 1.17 bits per heavy atom. The molecule has 2 fully saturated rings. The highest BCUT2D eigenvalue weighted by Crippen LogP contribution is 2.46. The third-order valence-electron chi connectivity index (χ3n) is 5.52. The van der Waals surface area contributed by atoms with Gasteiger partial charge in [0.25, 0.3) is 0 Å². The number of rotatable bonds is 4. The van der Waals surface area contributed by atoms with Crippen molar-refractivity contribution in [3.63, 3.8) is 0 Å². The van der Waals surface area contributed by atoms with Crippen molar-refractivity contribution >= 4 is 35.8 Å². The van der Waals surface area contributed by atoms with Crippen LogP contribution in [-0.4, -0.2) is 59.9 Å². The van der Waals surface area contributed by atoms with Crippen LogP contribution in [0.4, 0.5) is 0 Å². The van der Waals surface area contributed by atoms with Gasteiger partial charge < -0.3 is 15.1 Å². The third-order valence-corrected chi connectivity index (χ3v) is 5.52. The molecule has 2 heterocycles. The molecule has 0 saturated carbocycles.